The van der Waals surface area contributed by atoms with Crippen LogP contribution in [0.1, 0.15) is 17.3 Å². The zero-order chi connectivity index (χ0) is 18.0. The number of nitro groups is 1. The average Bonchev–Trinajstić information content (AvgIpc) is 3.05. The monoisotopic (exact) mass is 356 g/mol. The molecule has 3 rings (SSSR count). The van der Waals surface area contributed by atoms with E-state index < -0.39 is 4.92 Å². The molecule has 0 radical (unpaired) electrons. The maximum Gasteiger partial charge on any atom is 0.293 e. The van der Waals surface area contributed by atoms with Gasteiger partial charge < -0.3 is 5.32 Å². The Morgan fingerprint density at radius 2 is 2.08 bits per heavy atom. The second-order valence-corrected chi connectivity index (χ2v) is 6.36. The first-order chi connectivity index (χ1) is 12.0. The third-order valence-corrected chi connectivity index (χ3v) is 4.80. The third kappa shape index (κ3) is 3.29. The van der Waals surface area contributed by atoms with Gasteiger partial charge in [-0.05, 0) is 31.2 Å². The summed E-state index contributed by atoms with van der Waals surface area (Å²) in [6.45, 7) is 2.41. The number of aromatic nitrogens is 1. The fraction of sp³-hybridized carbons (Fsp3) is 0.176. The van der Waals surface area contributed by atoms with Gasteiger partial charge in [0.1, 0.15) is 5.69 Å². The Bertz CT molecular complexity index is 921. The molecule has 3 aromatic rings. The van der Waals surface area contributed by atoms with E-state index in [0.717, 1.165) is 10.2 Å². The van der Waals surface area contributed by atoms with Gasteiger partial charge in [-0.1, -0.05) is 23.5 Å². The number of anilines is 2. The van der Waals surface area contributed by atoms with Crippen LogP contribution >= 0.6 is 11.3 Å². The van der Waals surface area contributed by atoms with Crippen molar-refractivity contribution in [1.29, 1.82) is 0 Å². The molecule has 0 bridgehead atoms. The molecule has 1 N–H and O–H groups in total. The van der Waals surface area contributed by atoms with E-state index >= 15 is 0 Å². The molecule has 0 saturated carbocycles. The maximum absolute atomic E-state index is 12.7. The van der Waals surface area contributed by atoms with E-state index in [-0.39, 0.29) is 17.2 Å². The van der Waals surface area contributed by atoms with Crippen molar-refractivity contribution < 1.29 is 9.72 Å². The lowest BCUT2D eigenvalue weighted by molar-refractivity contribution is -0.384. The van der Waals surface area contributed by atoms with Crippen molar-refractivity contribution in [3.63, 3.8) is 0 Å². The van der Waals surface area contributed by atoms with Gasteiger partial charge >= 0.3 is 0 Å². The highest BCUT2D eigenvalue weighted by atomic mass is 32.1. The third-order valence-electron chi connectivity index (χ3n) is 3.68. The van der Waals surface area contributed by atoms with E-state index in [0.29, 0.717) is 17.4 Å². The predicted octanol–water partition coefficient (Wildman–Crippen LogP) is 3.91. The van der Waals surface area contributed by atoms with Crippen LogP contribution in [0.2, 0.25) is 0 Å². The summed E-state index contributed by atoms with van der Waals surface area (Å²) in [6.07, 6.45) is 0. The molecule has 2 aromatic carbocycles. The van der Waals surface area contributed by atoms with E-state index in [4.69, 9.17) is 0 Å². The second-order valence-electron chi connectivity index (χ2n) is 5.35. The zero-order valence-electron chi connectivity index (χ0n) is 13.7. The van der Waals surface area contributed by atoms with E-state index in [1.165, 1.54) is 22.3 Å². The molecule has 8 heteroatoms. The summed E-state index contributed by atoms with van der Waals surface area (Å²) >= 11 is 1.40. The summed E-state index contributed by atoms with van der Waals surface area (Å²) in [7, 11) is 1.62. The Morgan fingerprint density at radius 3 is 2.76 bits per heavy atom. The highest BCUT2D eigenvalue weighted by Crippen LogP contribution is 2.30. The molecular weight excluding hydrogens is 340 g/mol. The summed E-state index contributed by atoms with van der Waals surface area (Å²) in [4.78, 5) is 29.3. The minimum absolute atomic E-state index is 0.120. The minimum atomic E-state index is -0.494. The lowest BCUT2D eigenvalue weighted by Gasteiger charge is -2.14. The largest absolute Gasteiger partial charge is 0.380 e. The topological polar surface area (TPSA) is 88.4 Å². The SMILES string of the molecule is CCNc1ccc(C(=O)N(C)c2nc3ccccc3s2)cc1[N+](=O)[O-]. The first kappa shape index (κ1) is 16.8. The number of amides is 1. The first-order valence-corrected chi connectivity index (χ1v) is 8.49. The minimum Gasteiger partial charge on any atom is -0.380 e. The van der Waals surface area contributed by atoms with Gasteiger partial charge in [0.25, 0.3) is 11.6 Å². The van der Waals surface area contributed by atoms with Crippen LogP contribution in [-0.2, 0) is 0 Å². The number of nitrogens with zero attached hydrogens (tertiary/aromatic N) is 3. The molecule has 128 valence electrons. The van der Waals surface area contributed by atoms with Gasteiger partial charge in [-0.2, -0.15) is 0 Å². The number of hydrogen-bond acceptors (Lipinski definition) is 6. The number of thiazole rings is 1. The number of benzene rings is 2. The summed E-state index contributed by atoms with van der Waals surface area (Å²) in [5.41, 5.74) is 1.34. The fourth-order valence-electron chi connectivity index (χ4n) is 2.44. The predicted molar refractivity (Wildman–Crippen MR) is 99.6 cm³/mol. The molecule has 1 amide bonds. The molecule has 25 heavy (non-hydrogen) atoms. The molecule has 0 fully saturated rings. The number of carbonyl (C=O) groups excluding carboxylic acids is 1. The molecular formula is C17H16N4O3S. The van der Waals surface area contributed by atoms with Crippen LogP contribution in [0.4, 0.5) is 16.5 Å². The van der Waals surface area contributed by atoms with E-state index in [9.17, 15) is 14.9 Å². The van der Waals surface area contributed by atoms with Crippen molar-refractivity contribution in [2.24, 2.45) is 0 Å². The molecule has 0 aliphatic carbocycles. The van der Waals surface area contributed by atoms with Gasteiger partial charge in [0.05, 0.1) is 15.1 Å². The molecule has 1 aromatic heterocycles. The number of fused-ring (bicyclic) bond motifs is 1. The van der Waals surface area contributed by atoms with Crippen LogP contribution in [0.25, 0.3) is 10.2 Å². The number of nitrogens with one attached hydrogen (secondary N) is 1. The van der Waals surface area contributed by atoms with Crippen molar-refractivity contribution >= 4 is 44.0 Å². The number of carbonyl (C=O) groups is 1. The molecule has 0 atom stereocenters. The summed E-state index contributed by atoms with van der Waals surface area (Å²) in [5, 5.41) is 14.7. The van der Waals surface area contributed by atoms with Crippen molar-refractivity contribution in [2.75, 3.05) is 23.8 Å². The second kappa shape index (κ2) is 6.86. The molecule has 0 aliphatic heterocycles. The Hall–Kier alpha value is -3.00. The summed E-state index contributed by atoms with van der Waals surface area (Å²) in [6, 6.07) is 12.0. The quantitative estimate of drug-likeness (QED) is 0.553. The van der Waals surface area contributed by atoms with Crippen molar-refractivity contribution in [1.82, 2.24) is 4.98 Å². The van der Waals surface area contributed by atoms with Gasteiger partial charge in [-0.25, -0.2) is 4.98 Å². The van der Waals surface area contributed by atoms with Crippen LogP contribution < -0.4 is 10.2 Å². The Labute approximate surface area is 148 Å². The van der Waals surface area contributed by atoms with E-state index in [1.54, 1.807) is 19.2 Å². The van der Waals surface area contributed by atoms with Crippen LogP contribution in [-0.4, -0.2) is 29.4 Å². The molecule has 1 heterocycles. The standard InChI is InChI=1S/C17H16N4O3S/c1-3-18-12-9-8-11(10-14(12)21(23)24)16(22)20(2)17-19-13-6-4-5-7-15(13)25-17/h4-10,18H,3H2,1-2H3. The normalized spacial score (nSPS) is 10.6. The van der Waals surface area contributed by atoms with Crippen LogP contribution in [0, 0.1) is 10.1 Å². The summed E-state index contributed by atoms with van der Waals surface area (Å²) < 4.78 is 0.977. The van der Waals surface area contributed by atoms with Crippen molar-refractivity contribution in [3.05, 3.63) is 58.1 Å². The van der Waals surface area contributed by atoms with Gasteiger partial charge in [0.2, 0.25) is 0 Å². The highest BCUT2D eigenvalue weighted by Gasteiger charge is 2.21. The average molecular weight is 356 g/mol. The Morgan fingerprint density at radius 1 is 1.32 bits per heavy atom. The van der Waals surface area contributed by atoms with Gasteiger partial charge in [0, 0.05) is 25.2 Å². The van der Waals surface area contributed by atoms with Gasteiger partial charge in [-0.3, -0.25) is 19.8 Å². The highest BCUT2D eigenvalue weighted by molar-refractivity contribution is 7.22. The first-order valence-electron chi connectivity index (χ1n) is 7.67. The zero-order valence-corrected chi connectivity index (χ0v) is 14.5. The molecule has 0 spiro atoms. The fourth-order valence-corrected chi connectivity index (χ4v) is 3.37. The van der Waals surface area contributed by atoms with Gasteiger partial charge in [0.15, 0.2) is 5.13 Å². The molecule has 7 nitrogen and oxygen atoms in total. The van der Waals surface area contributed by atoms with Crippen molar-refractivity contribution in [3.8, 4) is 0 Å². The Balaban J connectivity index is 1.93. The molecule has 0 unspecified atom stereocenters. The van der Waals surface area contributed by atoms with Crippen LogP contribution in [0.5, 0.6) is 0 Å². The molecule has 0 saturated heterocycles. The maximum atomic E-state index is 12.7. The van der Waals surface area contributed by atoms with Crippen LogP contribution in [0.15, 0.2) is 42.5 Å². The van der Waals surface area contributed by atoms with Gasteiger partial charge in [-0.15, -0.1) is 0 Å². The number of para-hydroxylation sites is 1. The smallest absolute Gasteiger partial charge is 0.293 e. The lowest BCUT2D eigenvalue weighted by Crippen LogP contribution is -2.26. The van der Waals surface area contributed by atoms with Crippen molar-refractivity contribution in [2.45, 2.75) is 6.92 Å². The molecule has 0 aliphatic rings. The van der Waals surface area contributed by atoms with E-state index in [1.807, 2.05) is 31.2 Å². The summed E-state index contributed by atoms with van der Waals surface area (Å²) in [5.74, 6) is -0.342. The van der Waals surface area contributed by atoms with E-state index in [2.05, 4.69) is 10.3 Å². The number of nitro benzene ring substituents is 1. The Kier molecular flexibility index (Phi) is 4.62. The van der Waals surface area contributed by atoms with Crippen LogP contribution in [0.3, 0.4) is 0 Å². The number of rotatable bonds is 5. The lowest BCUT2D eigenvalue weighted by atomic mass is 10.1. The number of hydrogen-bond donors (Lipinski definition) is 1.